The highest BCUT2D eigenvalue weighted by Gasteiger charge is 2.40. The third-order valence-electron chi connectivity index (χ3n) is 4.22. The molecule has 0 amide bonds. The highest BCUT2D eigenvalue weighted by Crippen LogP contribution is 2.30. The fourth-order valence-corrected chi connectivity index (χ4v) is 2.96. The summed E-state index contributed by atoms with van der Waals surface area (Å²) >= 11 is 0. The lowest BCUT2D eigenvalue weighted by atomic mass is 9.88. The van der Waals surface area contributed by atoms with E-state index in [1.54, 1.807) is 0 Å². The van der Waals surface area contributed by atoms with E-state index in [-0.39, 0.29) is 0 Å². The Balaban J connectivity index is 1.39. The van der Waals surface area contributed by atoms with E-state index in [0.29, 0.717) is 6.10 Å². The first-order valence-electron chi connectivity index (χ1n) is 6.96. The average Bonchev–Trinajstić information content (AvgIpc) is 3.22. The Kier molecular flexibility index (Phi) is 2.52. The molecular formula is C14H19N3O. The van der Waals surface area contributed by atoms with Crippen LogP contribution in [0.5, 0.6) is 5.88 Å². The van der Waals surface area contributed by atoms with Crippen molar-refractivity contribution in [2.75, 3.05) is 13.1 Å². The molecular weight excluding hydrogens is 226 g/mol. The molecule has 1 aromatic heterocycles. The van der Waals surface area contributed by atoms with Gasteiger partial charge in [-0.25, -0.2) is 4.98 Å². The predicted octanol–water partition coefficient (Wildman–Crippen LogP) is 1.17. The molecule has 0 aromatic carbocycles. The lowest BCUT2D eigenvalue weighted by molar-refractivity contribution is -0.0207. The number of piperidine rings is 1. The number of nitrogens with one attached hydrogen (secondary N) is 1. The maximum atomic E-state index is 5.67. The van der Waals surface area contributed by atoms with Gasteiger partial charge in [0.2, 0.25) is 5.88 Å². The molecule has 0 radical (unpaired) electrons. The second-order valence-electron chi connectivity index (χ2n) is 5.70. The zero-order valence-electron chi connectivity index (χ0n) is 10.5. The smallest absolute Gasteiger partial charge is 0.213 e. The van der Waals surface area contributed by atoms with Gasteiger partial charge >= 0.3 is 0 Å². The van der Waals surface area contributed by atoms with Crippen LogP contribution >= 0.6 is 0 Å². The Morgan fingerprint density at radius 2 is 2.11 bits per heavy atom. The topological polar surface area (TPSA) is 37.4 Å². The van der Waals surface area contributed by atoms with Crippen molar-refractivity contribution in [1.29, 1.82) is 0 Å². The number of nitrogens with zero attached hydrogens (tertiary/aromatic N) is 2. The van der Waals surface area contributed by atoms with Crippen LogP contribution in [0.4, 0.5) is 0 Å². The lowest BCUT2D eigenvalue weighted by Gasteiger charge is -2.53. The SMILES string of the molecule is c1cc(OC2CC2)ncc1CN1C2CNCC1C2. The maximum Gasteiger partial charge on any atom is 0.213 e. The normalized spacial score (nSPS) is 30.9. The number of aromatic nitrogens is 1. The molecule has 3 aliphatic rings. The van der Waals surface area contributed by atoms with E-state index in [4.69, 9.17) is 4.74 Å². The molecule has 1 saturated carbocycles. The predicted molar refractivity (Wildman–Crippen MR) is 68.5 cm³/mol. The number of ether oxygens (including phenoxy) is 1. The van der Waals surface area contributed by atoms with Crippen LogP contribution in [-0.2, 0) is 6.54 Å². The number of rotatable bonds is 4. The van der Waals surface area contributed by atoms with E-state index in [0.717, 1.165) is 37.6 Å². The van der Waals surface area contributed by atoms with Gasteiger partial charge in [0, 0.05) is 44.0 Å². The van der Waals surface area contributed by atoms with Gasteiger partial charge in [0.1, 0.15) is 6.10 Å². The molecule has 4 heteroatoms. The summed E-state index contributed by atoms with van der Waals surface area (Å²) in [6.45, 7) is 3.33. The van der Waals surface area contributed by atoms with E-state index < -0.39 is 0 Å². The van der Waals surface area contributed by atoms with Crippen molar-refractivity contribution in [3.8, 4) is 5.88 Å². The quantitative estimate of drug-likeness (QED) is 0.864. The van der Waals surface area contributed by atoms with E-state index in [2.05, 4.69) is 21.3 Å². The van der Waals surface area contributed by atoms with Crippen molar-refractivity contribution in [2.45, 2.75) is 44.0 Å². The molecule has 2 bridgehead atoms. The van der Waals surface area contributed by atoms with Crippen LogP contribution in [-0.4, -0.2) is 41.2 Å². The van der Waals surface area contributed by atoms with Crippen molar-refractivity contribution in [3.05, 3.63) is 23.9 Å². The minimum Gasteiger partial charge on any atom is -0.474 e. The van der Waals surface area contributed by atoms with Crippen LogP contribution in [0.15, 0.2) is 18.3 Å². The molecule has 2 aliphatic heterocycles. The summed E-state index contributed by atoms with van der Waals surface area (Å²) in [6.07, 6.45) is 6.15. The largest absolute Gasteiger partial charge is 0.474 e. The molecule has 4 rings (SSSR count). The Bertz CT molecular complexity index is 415. The fraction of sp³-hybridized carbons (Fsp3) is 0.643. The molecule has 2 unspecified atom stereocenters. The standard InChI is InChI=1S/C14H19N3O/c1-4-14(18-13-2-3-13)16-6-10(1)9-17-11-5-12(17)8-15-7-11/h1,4,6,11-13,15H,2-3,5,7-9H2. The van der Waals surface area contributed by atoms with E-state index >= 15 is 0 Å². The van der Waals surface area contributed by atoms with E-state index in [9.17, 15) is 0 Å². The van der Waals surface area contributed by atoms with Gasteiger partial charge in [0.05, 0.1) is 0 Å². The first kappa shape index (κ1) is 10.8. The Morgan fingerprint density at radius 3 is 2.72 bits per heavy atom. The summed E-state index contributed by atoms with van der Waals surface area (Å²) in [7, 11) is 0. The van der Waals surface area contributed by atoms with Crippen LogP contribution in [0, 0.1) is 0 Å². The van der Waals surface area contributed by atoms with Gasteiger partial charge in [-0.3, -0.25) is 4.90 Å². The van der Waals surface area contributed by atoms with Crippen LogP contribution in [0.1, 0.15) is 24.8 Å². The van der Waals surface area contributed by atoms with Crippen molar-refractivity contribution >= 4 is 0 Å². The van der Waals surface area contributed by atoms with Gasteiger partial charge in [-0.2, -0.15) is 0 Å². The Hall–Kier alpha value is -1.13. The average molecular weight is 245 g/mol. The minimum atomic E-state index is 0.434. The van der Waals surface area contributed by atoms with Gasteiger partial charge < -0.3 is 10.1 Å². The highest BCUT2D eigenvalue weighted by molar-refractivity contribution is 5.19. The van der Waals surface area contributed by atoms with Gasteiger partial charge in [0.25, 0.3) is 0 Å². The molecule has 0 spiro atoms. The summed E-state index contributed by atoms with van der Waals surface area (Å²) in [5.74, 6) is 0.784. The van der Waals surface area contributed by atoms with Crippen LogP contribution in [0.3, 0.4) is 0 Å². The van der Waals surface area contributed by atoms with Crippen LogP contribution in [0.2, 0.25) is 0 Å². The number of hydrogen-bond donors (Lipinski definition) is 1. The Labute approximate surface area is 107 Å². The fourth-order valence-electron chi connectivity index (χ4n) is 2.96. The number of hydrogen-bond acceptors (Lipinski definition) is 4. The zero-order valence-corrected chi connectivity index (χ0v) is 10.5. The third-order valence-corrected chi connectivity index (χ3v) is 4.22. The lowest BCUT2D eigenvalue weighted by Crippen LogP contribution is -2.67. The summed E-state index contributed by atoms with van der Waals surface area (Å²) in [5, 5.41) is 3.46. The van der Waals surface area contributed by atoms with Crippen molar-refractivity contribution in [2.24, 2.45) is 0 Å². The first-order chi connectivity index (χ1) is 8.88. The Morgan fingerprint density at radius 1 is 1.28 bits per heavy atom. The highest BCUT2D eigenvalue weighted by atomic mass is 16.5. The molecule has 3 heterocycles. The molecule has 18 heavy (non-hydrogen) atoms. The number of pyridine rings is 1. The van der Waals surface area contributed by atoms with Crippen molar-refractivity contribution < 1.29 is 4.74 Å². The summed E-state index contributed by atoms with van der Waals surface area (Å²) in [6, 6.07) is 5.66. The van der Waals surface area contributed by atoms with Crippen LogP contribution in [0.25, 0.3) is 0 Å². The van der Waals surface area contributed by atoms with Gasteiger partial charge in [0.15, 0.2) is 0 Å². The minimum absolute atomic E-state index is 0.434. The third kappa shape index (κ3) is 1.99. The number of piperazine rings is 1. The summed E-state index contributed by atoms with van der Waals surface area (Å²) < 4.78 is 5.67. The van der Waals surface area contributed by atoms with Crippen LogP contribution < -0.4 is 10.1 Å². The molecule has 1 aromatic rings. The summed E-state index contributed by atoms with van der Waals surface area (Å²) in [4.78, 5) is 6.99. The molecule has 2 saturated heterocycles. The van der Waals surface area contributed by atoms with Crippen molar-refractivity contribution in [3.63, 3.8) is 0 Å². The summed E-state index contributed by atoms with van der Waals surface area (Å²) in [5.41, 5.74) is 1.30. The second-order valence-corrected chi connectivity index (χ2v) is 5.70. The van der Waals surface area contributed by atoms with Gasteiger partial charge in [-0.05, 0) is 24.8 Å². The molecule has 2 atom stereocenters. The molecule has 4 nitrogen and oxygen atoms in total. The van der Waals surface area contributed by atoms with Gasteiger partial charge in [-0.1, -0.05) is 6.07 Å². The zero-order chi connectivity index (χ0) is 11.9. The molecule has 1 aliphatic carbocycles. The second kappa shape index (κ2) is 4.21. The number of fused-ring (bicyclic) bond motifs is 2. The van der Waals surface area contributed by atoms with E-state index in [1.165, 1.54) is 24.8 Å². The molecule has 3 fully saturated rings. The first-order valence-corrected chi connectivity index (χ1v) is 6.96. The maximum absolute atomic E-state index is 5.67. The van der Waals surface area contributed by atoms with E-state index in [1.807, 2.05) is 12.3 Å². The molecule has 1 N–H and O–H groups in total. The van der Waals surface area contributed by atoms with Crippen molar-refractivity contribution in [1.82, 2.24) is 15.2 Å². The molecule has 96 valence electrons. The van der Waals surface area contributed by atoms with Gasteiger partial charge in [-0.15, -0.1) is 0 Å². The monoisotopic (exact) mass is 245 g/mol.